The summed E-state index contributed by atoms with van der Waals surface area (Å²) in [6.45, 7) is 2.29. The quantitative estimate of drug-likeness (QED) is 0.470. The van der Waals surface area contributed by atoms with E-state index >= 15 is 0 Å². The SMILES string of the molecule is CCCCCCCCC1CCCC[C]1c1ccccc1. The normalized spacial score (nSPS) is 20.1. The van der Waals surface area contributed by atoms with Crippen molar-refractivity contribution >= 4 is 0 Å². The van der Waals surface area contributed by atoms with Crippen LogP contribution in [-0.2, 0) is 0 Å². The maximum atomic E-state index is 2.31. The summed E-state index contributed by atoms with van der Waals surface area (Å²) >= 11 is 0. The Morgan fingerprint density at radius 1 is 0.900 bits per heavy atom. The van der Waals surface area contributed by atoms with Gasteiger partial charge in [-0.1, -0.05) is 88.6 Å². The summed E-state index contributed by atoms with van der Waals surface area (Å²) in [5.41, 5.74) is 1.52. The molecule has 1 aliphatic rings. The summed E-state index contributed by atoms with van der Waals surface area (Å²) in [4.78, 5) is 0. The van der Waals surface area contributed by atoms with Crippen LogP contribution in [0.15, 0.2) is 30.3 Å². The molecule has 1 aliphatic carbocycles. The van der Waals surface area contributed by atoms with Crippen molar-refractivity contribution in [1.29, 1.82) is 0 Å². The highest BCUT2D eigenvalue weighted by Crippen LogP contribution is 2.39. The van der Waals surface area contributed by atoms with Crippen molar-refractivity contribution in [2.45, 2.75) is 77.6 Å². The summed E-state index contributed by atoms with van der Waals surface area (Å²) in [7, 11) is 0. The minimum Gasteiger partial charge on any atom is -0.0654 e. The van der Waals surface area contributed by atoms with E-state index in [1.165, 1.54) is 76.2 Å². The number of hydrogen-bond donors (Lipinski definition) is 0. The van der Waals surface area contributed by atoms with E-state index in [2.05, 4.69) is 37.3 Å². The third-order valence-electron chi connectivity index (χ3n) is 4.79. The van der Waals surface area contributed by atoms with Gasteiger partial charge in [-0.15, -0.1) is 0 Å². The monoisotopic (exact) mass is 271 g/mol. The summed E-state index contributed by atoms with van der Waals surface area (Å²) in [6.07, 6.45) is 15.6. The minimum atomic E-state index is 0.873. The molecule has 0 heterocycles. The molecule has 0 aromatic heterocycles. The molecule has 1 aromatic carbocycles. The first-order valence-electron chi connectivity index (χ1n) is 8.83. The van der Waals surface area contributed by atoms with Gasteiger partial charge in [0.1, 0.15) is 0 Å². The Morgan fingerprint density at radius 2 is 1.65 bits per heavy atom. The lowest BCUT2D eigenvalue weighted by atomic mass is 9.73. The second-order valence-corrected chi connectivity index (χ2v) is 6.39. The van der Waals surface area contributed by atoms with Crippen molar-refractivity contribution in [1.82, 2.24) is 0 Å². The maximum Gasteiger partial charge on any atom is 0.00806 e. The smallest absolute Gasteiger partial charge is 0.00806 e. The number of hydrogen-bond acceptors (Lipinski definition) is 0. The van der Waals surface area contributed by atoms with Gasteiger partial charge in [0.25, 0.3) is 0 Å². The van der Waals surface area contributed by atoms with E-state index in [0.717, 1.165) is 5.92 Å². The maximum absolute atomic E-state index is 2.31. The van der Waals surface area contributed by atoms with Gasteiger partial charge in [0, 0.05) is 5.92 Å². The fourth-order valence-corrected chi connectivity index (χ4v) is 3.61. The largest absolute Gasteiger partial charge is 0.0654 e. The summed E-state index contributed by atoms with van der Waals surface area (Å²) in [5.74, 6) is 2.63. The summed E-state index contributed by atoms with van der Waals surface area (Å²) in [5, 5.41) is 0. The van der Waals surface area contributed by atoms with Crippen molar-refractivity contribution in [3.8, 4) is 0 Å². The molecule has 0 saturated heterocycles. The van der Waals surface area contributed by atoms with E-state index in [4.69, 9.17) is 0 Å². The molecule has 1 aromatic rings. The van der Waals surface area contributed by atoms with Crippen LogP contribution in [0.25, 0.3) is 0 Å². The van der Waals surface area contributed by atoms with Crippen molar-refractivity contribution in [3.05, 3.63) is 41.8 Å². The highest BCUT2D eigenvalue weighted by Gasteiger charge is 2.26. The molecular formula is C20H31. The predicted octanol–water partition coefficient (Wildman–Crippen LogP) is 6.55. The third kappa shape index (κ3) is 4.96. The van der Waals surface area contributed by atoms with Gasteiger partial charge in [0.15, 0.2) is 0 Å². The lowest BCUT2D eigenvalue weighted by Crippen LogP contribution is -2.18. The van der Waals surface area contributed by atoms with Crippen molar-refractivity contribution in [2.75, 3.05) is 0 Å². The first kappa shape index (κ1) is 15.6. The molecule has 1 saturated carbocycles. The van der Waals surface area contributed by atoms with E-state index in [1.54, 1.807) is 5.92 Å². The van der Waals surface area contributed by atoms with Gasteiger partial charge in [-0.3, -0.25) is 0 Å². The zero-order chi connectivity index (χ0) is 14.0. The van der Waals surface area contributed by atoms with Gasteiger partial charge in [0.2, 0.25) is 0 Å². The van der Waals surface area contributed by atoms with Crippen LogP contribution < -0.4 is 0 Å². The molecule has 0 amide bonds. The molecule has 0 N–H and O–H groups in total. The van der Waals surface area contributed by atoms with E-state index in [9.17, 15) is 0 Å². The molecule has 0 bridgehead atoms. The molecule has 1 unspecified atom stereocenters. The first-order valence-corrected chi connectivity index (χ1v) is 8.83. The Morgan fingerprint density at radius 3 is 2.45 bits per heavy atom. The van der Waals surface area contributed by atoms with E-state index < -0.39 is 0 Å². The molecule has 1 atom stereocenters. The molecule has 111 valence electrons. The van der Waals surface area contributed by atoms with Crippen LogP contribution in [0.3, 0.4) is 0 Å². The average Bonchev–Trinajstić information content (AvgIpc) is 2.52. The topological polar surface area (TPSA) is 0 Å². The average molecular weight is 271 g/mol. The van der Waals surface area contributed by atoms with Gasteiger partial charge in [-0.2, -0.15) is 0 Å². The van der Waals surface area contributed by atoms with Crippen LogP contribution in [0.5, 0.6) is 0 Å². The second kappa shape index (κ2) is 9.21. The zero-order valence-electron chi connectivity index (χ0n) is 13.2. The van der Waals surface area contributed by atoms with Crippen molar-refractivity contribution in [2.24, 2.45) is 5.92 Å². The molecule has 20 heavy (non-hydrogen) atoms. The van der Waals surface area contributed by atoms with Crippen molar-refractivity contribution < 1.29 is 0 Å². The number of unbranched alkanes of at least 4 members (excludes halogenated alkanes) is 5. The molecule has 0 aliphatic heterocycles. The van der Waals surface area contributed by atoms with Crippen molar-refractivity contribution in [3.63, 3.8) is 0 Å². The van der Waals surface area contributed by atoms with E-state index in [-0.39, 0.29) is 0 Å². The molecule has 2 rings (SSSR count). The Labute approximate surface area is 126 Å². The van der Waals surface area contributed by atoms with E-state index in [0.29, 0.717) is 0 Å². The highest BCUT2D eigenvalue weighted by atomic mass is 14.3. The second-order valence-electron chi connectivity index (χ2n) is 6.39. The van der Waals surface area contributed by atoms with Crippen LogP contribution in [0.4, 0.5) is 0 Å². The molecule has 1 fully saturated rings. The summed E-state index contributed by atoms with van der Waals surface area (Å²) < 4.78 is 0. The predicted molar refractivity (Wildman–Crippen MR) is 88.7 cm³/mol. The Kier molecular flexibility index (Phi) is 7.19. The number of rotatable bonds is 8. The Hall–Kier alpha value is -0.780. The van der Waals surface area contributed by atoms with Gasteiger partial charge >= 0.3 is 0 Å². The van der Waals surface area contributed by atoms with Gasteiger partial charge in [-0.05, 0) is 30.7 Å². The molecule has 0 nitrogen and oxygen atoms in total. The Bertz CT molecular complexity index is 340. The zero-order valence-corrected chi connectivity index (χ0v) is 13.2. The standard InChI is InChI=1S/C20H31/c1-2-3-4-5-6-8-13-19-16-11-12-17-20(19)18-14-9-7-10-15-18/h7,9-10,14-15,19H,2-6,8,11-13,16-17H2,1H3. The van der Waals surface area contributed by atoms with Crippen LogP contribution in [0, 0.1) is 11.8 Å². The minimum absolute atomic E-state index is 0.873. The first-order chi connectivity index (χ1) is 9.92. The van der Waals surface area contributed by atoms with Gasteiger partial charge < -0.3 is 0 Å². The molecular weight excluding hydrogens is 240 g/mol. The lowest BCUT2D eigenvalue weighted by molar-refractivity contribution is 0.371. The number of benzene rings is 1. The van der Waals surface area contributed by atoms with Crippen LogP contribution in [0.2, 0.25) is 0 Å². The van der Waals surface area contributed by atoms with Crippen LogP contribution >= 0.6 is 0 Å². The molecule has 1 radical (unpaired) electrons. The fraction of sp³-hybridized carbons (Fsp3) is 0.650. The van der Waals surface area contributed by atoms with Crippen LogP contribution in [-0.4, -0.2) is 0 Å². The summed E-state index contributed by atoms with van der Waals surface area (Å²) in [6, 6.07) is 11.1. The lowest BCUT2D eigenvalue weighted by Gasteiger charge is -2.31. The van der Waals surface area contributed by atoms with Gasteiger partial charge in [-0.25, -0.2) is 0 Å². The highest BCUT2D eigenvalue weighted by molar-refractivity contribution is 5.32. The fourth-order valence-electron chi connectivity index (χ4n) is 3.61. The third-order valence-corrected chi connectivity index (χ3v) is 4.79. The molecule has 0 heteroatoms. The van der Waals surface area contributed by atoms with Crippen LogP contribution in [0.1, 0.15) is 83.1 Å². The Balaban J connectivity index is 1.76. The van der Waals surface area contributed by atoms with Gasteiger partial charge in [0.05, 0.1) is 0 Å². The van der Waals surface area contributed by atoms with E-state index in [1.807, 2.05) is 0 Å². The molecule has 0 spiro atoms.